The molecule has 0 heterocycles. The van der Waals surface area contributed by atoms with E-state index in [-0.39, 0.29) is 23.0 Å². The van der Waals surface area contributed by atoms with Crippen LogP contribution in [0.3, 0.4) is 0 Å². The first-order valence-corrected chi connectivity index (χ1v) is 8.18. The van der Waals surface area contributed by atoms with Gasteiger partial charge in [-0.05, 0) is 43.7 Å². The number of rotatable bonds is 6. The van der Waals surface area contributed by atoms with E-state index in [1.165, 1.54) is 18.2 Å². The fraction of sp³-hybridized carbons (Fsp3) is 0.211. The zero-order valence-electron chi connectivity index (χ0n) is 14.6. The first kappa shape index (κ1) is 19.0. The van der Waals surface area contributed by atoms with Crippen molar-refractivity contribution in [2.75, 3.05) is 5.32 Å². The maximum Gasteiger partial charge on any atom is 0.275 e. The summed E-state index contributed by atoms with van der Waals surface area (Å²) in [7, 11) is 0. The van der Waals surface area contributed by atoms with Crippen LogP contribution in [0.25, 0.3) is 0 Å². The van der Waals surface area contributed by atoms with Gasteiger partial charge in [-0.1, -0.05) is 19.1 Å². The van der Waals surface area contributed by atoms with E-state index in [0.717, 1.165) is 6.42 Å². The van der Waals surface area contributed by atoms with Crippen LogP contribution in [0.2, 0.25) is 0 Å². The van der Waals surface area contributed by atoms with Crippen LogP contribution >= 0.6 is 0 Å². The first-order chi connectivity index (χ1) is 12.4. The zero-order chi connectivity index (χ0) is 19.1. The van der Waals surface area contributed by atoms with Gasteiger partial charge in [0.05, 0.1) is 11.3 Å². The standard InChI is InChI=1S/C19H21N3O4/c1-3-6-18(25)20-13-9-10-17(24)15(11-13)12(2)21-22-19(26)14-7-4-5-8-16(14)23/h4-5,7-11,23-24H,3,6H2,1-2H3,(H,20,25)(H,22,26)/b21-12+. The number of hydrogen-bond acceptors (Lipinski definition) is 5. The summed E-state index contributed by atoms with van der Waals surface area (Å²) in [6.45, 7) is 3.52. The van der Waals surface area contributed by atoms with Crippen molar-refractivity contribution in [2.45, 2.75) is 26.7 Å². The van der Waals surface area contributed by atoms with Gasteiger partial charge in [0.1, 0.15) is 11.5 Å². The topological polar surface area (TPSA) is 111 Å². The summed E-state index contributed by atoms with van der Waals surface area (Å²) in [6, 6.07) is 10.7. The maximum atomic E-state index is 12.1. The molecule has 0 aromatic heterocycles. The fourth-order valence-electron chi connectivity index (χ4n) is 2.27. The summed E-state index contributed by atoms with van der Waals surface area (Å²) in [5.74, 6) is -0.876. The van der Waals surface area contributed by atoms with E-state index in [0.29, 0.717) is 23.4 Å². The van der Waals surface area contributed by atoms with Crippen LogP contribution in [0.5, 0.6) is 11.5 Å². The summed E-state index contributed by atoms with van der Waals surface area (Å²) >= 11 is 0. The molecule has 26 heavy (non-hydrogen) atoms. The molecule has 136 valence electrons. The van der Waals surface area contributed by atoms with Gasteiger partial charge in [0.15, 0.2) is 0 Å². The largest absolute Gasteiger partial charge is 0.507 e. The van der Waals surface area contributed by atoms with Crippen LogP contribution in [-0.4, -0.2) is 27.7 Å². The van der Waals surface area contributed by atoms with Gasteiger partial charge >= 0.3 is 0 Å². The van der Waals surface area contributed by atoms with E-state index in [9.17, 15) is 19.8 Å². The predicted octanol–water partition coefficient (Wildman–Crippen LogP) is 2.99. The van der Waals surface area contributed by atoms with Crippen LogP contribution in [0, 0.1) is 0 Å². The van der Waals surface area contributed by atoms with Crippen LogP contribution in [-0.2, 0) is 4.79 Å². The Morgan fingerprint density at radius 1 is 1.04 bits per heavy atom. The summed E-state index contributed by atoms with van der Waals surface area (Å²) in [5.41, 5.74) is 3.67. The van der Waals surface area contributed by atoms with Gasteiger partial charge in [0.2, 0.25) is 5.91 Å². The quantitative estimate of drug-likeness (QED) is 0.363. The number of amides is 2. The van der Waals surface area contributed by atoms with E-state index in [1.807, 2.05) is 6.92 Å². The molecule has 0 fully saturated rings. The van der Waals surface area contributed by atoms with Crippen molar-refractivity contribution in [1.29, 1.82) is 0 Å². The molecule has 0 atom stereocenters. The van der Waals surface area contributed by atoms with Gasteiger partial charge in [0.25, 0.3) is 5.91 Å². The number of aromatic hydroxyl groups is 2. The zero-order valence-corrected chi connectivity index (χ0v) is 14.6. The Bertz CT molecular complexity index is 846. The number of hydrogen-bond donors (Lipinski definition) is 4. The van der Waals surface area contributed by atoms with Gasteiger partial charge in [0, 0.05) is 17.7 Å². The molecule has 0 aliphatic carbocycles. The summed E-state index contributed by atoms with van der Waals surface area (Å²) in [6.07, 6.45) is 1.13. The highest BCUT2D eigenvalue weighted by molar-refractivity contribution is 6.04. The minimum absolute atomic E-state index is 0.0310. The number of para-hydroxylation sites is 1. The van der Waals surface area contributed by atoms with E-state index < -0.39 is 5.91 Å². The molecule has 0 saturated carbocycles. The molecule has 7 heteroatoms. The predicted molar refractivity (Wildman–Crippen MR) is 99.4 cm³/mol. The van der Waals surface area contributed by atoms with Gasteiger partial charge < -0.3 is 15.5 Å². The lowest BCUT2D eigenvalue weighted by atomic mass is 10.1. The van der Waals surface area contributed by atoms with Crippen molar-refractivity contribution in [3.63, 3.8) is 0 Å². The van der Waals surface area contributed by atoms with Gasteiger partial charge in [-0.3, -0.25) is 9.59 Å². The molecule has 0 unspecified atom stereocenters. The summed E-state index contributed by atoms with van der Waals surface area (Å²) in [4.78, 5) is 23.8. The Kier molecular flexibility index (Phi) is 6.32. The number of phenols is 2. The van der Waals surface area contributed by atoms with Crippen LogP contribution in [0.4, 0.5) is 5.69 Å². The van der Waals surface area contributed by atoms with E-state index in [2.05, 4.69) is 15.8 Å². The average Bonchev–Trinajstić information content (AvgIpc) is 2.61. The van der Waals surface area contributed by atoms with Crippen molar-refractivity contribution in [2.24, 2.45) is 5.10 Å². The SMILES string of the molecule is CCCC(=O)Nc1ccc(O)c(/C(C)=N/NC(=O)c2ccccc2O)c1. The van der Waals surface area contributed by atoms with Crippen LogP contribution in [0.15, 0.2) is 47.6 Å². The Balaban J connectivity index is 2.16. The highest BCUT2D eigenvalue weighted by Crippen LogP contribution is 2.22. The lowest BCUT2D eigenvalue weighted by molar-refractivity contribution is -0.116. The number of phenolic OH excluding ortho intramolecular Hbond substituents is 2. The summed E-state index contributed by atoms with van der Waals surface area (Å²) < 4.78 is 0. The molecule has 4 N–H and O–H groups in total. The number of hydrazone groups is 1. The lowest BCUT2D eigenvalue weighted by Crippen LogP contribution is -2.19. The van der Waals surface area contributed by atoms with E-state index in [1.54, 1.807) is 31.2 Å². The minimum Gasteiger partial charge on any atom is -0.507 e. The molecule has 2 aromatic carbocycles. The average molecular weight is 355 g/mol. The fourth-order valence-corrected chi connectivity index (χ4v) is 2.27. The second-order valence-electron chi connectivity index (χ2n) is 5.69. The Morgan fingerprint density at radius 3 is 2.42 bits per heavy atom. The molecule has 0 aliphatic heterocycles. The van der Waals surface area contributed by atoms with E-state index in [4.69, 9.17) is 0 Å². The molecule has 7 nitrogen and oxygen atoms in total. The molecular weight excluding hydrogens is 334 g/mol. The number of nitrogens with zero attached hydrogens (tertiary/aromatic N) is 1. The minimum atomic E-state index is -0.575. The van der Waals surface area contributed by atoms with Crippen molar-refractivity contribution >= 4 is 23.2 Å². The molecular formula is C19H21N3O4. The Morgan fingerprint density at radius 2 is 1.73 bits per heavy atom. The molecule has 0 saturated heterocycles. The molecule has 0 bridgehead atoms. The highest BCUT2D eigenvalue weighted by atomic mass is 16.3. The molecule has 0 spiro atoms. The number of carbonyl (C=O) groups is 2. The smallest absolute Gasteiger partial charge is 0.275 e. The Hall–Kier alpha value is -3.35. The second-order valence-corrected chi connectivity index (χ2v) is 5.69. The second kappa shape index (κ2) is 8.66. The summed E-state index contributed by atoms with van der Waals surface area (Å²) in [5, 5.41) is 26.4. The maximum absolute atomic E-state index is 12.1. The van der Waals surface area contributed by atoms with Crippen molar-refractivity contribution in [3.05, 3.63) is 53.6 Å². The molecule has 0 aliphatic rings. The van der Waals surface area contributed by atoms with Crippen LogP contribution in [0.1, 0.15) is 42.6 Å². The highest BCUT2D eigenvalue weighted by Gasteiger charge is 2.11. The number of carbonyl (C=O) groups excluding carboxylic acids is 2. The third-order valence-corrected chi connectivity index (χ3v) is 3.62. The van der Waals surface area contributed by atoms with Crippen molar-refractivity contribution in [3.8, 4) is 11.5 Å². The van der Waals surface area contributed by atoms with Crippen molar-refractivity contribution in [1.82, 2.24) is 5.43 Å². The third-order valence-electron chi connectivity index (χ3n) is 3.62. The first-order valence-electron chi connectivity index (χ1n) is 8.18. The van der Waals surface area contributed by atoms with Gasteiger partial charge in [-0.25, -0.2) is 5.43 Å². The molecule has 2 aromatic rings. The number of benzene rings is 2. The van der Waals surface area contributed by atoms with E-state index >= 15 is 0 Å². The van der Waals surface area contributed by atoms with Crippen LogP contribution < -0.4 is 10.7 Å². The van der Waals surface area contributed by atoms with Gasteiger partial charge in [-0.2, -0.15) is 5.10 Å². The molecule has 0 radical (unpaired) electrons. The number of anilines is 1. The Labute approximate surface area is 151 Å². The monoisotopic (exact) mass is 355 g/mol. The molecule has 2 rings (SSSR count). The van der Waals surface area contributed by atoms with Crippen molar-refractivity contribution < 1.29 is 19.8 Å². The molecule has 2 amide bonds. The van der Waals surface area contributed by atoms with Gasteiger partial charge in [-0.15, -0.1) is 0 Å². The third kappa shape index (κ3) is 4.83. The normalized spacial score (nSPS) is 11.1. The number of nitrogens with one attached hydrogen (secondary N) is 2. The lowest BCUT2D eigenvalue weighted by Gasteiger charge is -2.09.